The van der Waals surface area contributed by atoms with E-state index in [4.69, 9.17) is 4.84 Å². The molecule has 172 valence electrons. The van der Waals surface area contributed by atoms with Gasteiger partial charge in [-0.25, -0.2) is 25.0 Å². The maximum Gasteiger partial charge on any atom is 0.433 e. The highest BCUT2D eigenvalue weighted by Crippen LogP contribution is 2.30. The Labute approximate surface area is 188 Å². The van der Waals surface area contributed by atoms with Crippen LogP contribution in [-0.4, -0.2) is 56.5 Å². The molecule has 0 aliphatic carbocycles. The van der Waals surface area contributed by atoms with Gasteiger partial charge in [-0.05, 0) is 26.0 Å². The van der Waals surface area contributed by atoms with Crippen molar-refractivity contribution >= 4 is 11.7 Å². The Morgan fingerprint density at radius 1 is 1.09 bits per heavy atom. The molecule has 4 rings (SSSR count). The van der Waals surface area contributed by atoms with Crippen LogP contribution in [0.2, 0.25) is 0 Å². The Morgan fingerprint density at radius 2 is 1.82 bits per heavy atom. The number of alkyl halides is 3. The number of benzene rings is 1. The predicted molar refractivity (Wildman–Crippen MR) is 113 cm³/mol. The van der Waals surface area contributed by atoms with Crippen LogP contribution in [0, 0.1) is 6.92 Å². The third-order valence-electron chi connectivity index (χ3n) is 5.14. The van der Waals surface area contributed by atoms with Gasteiger partial charge in [0.05, 0.1) is 24.8 Å². The molecule has 3 heterocycles. The second-order valence-electron chi connectivity index (χ2n) is 7.52. The Balaban J connectivity index is 1.59. The lowest BCUT2D eigenvalue weighted by Gasteiger charge is -2.26. The van der Waals surface area contributed by atoms with Crippen LogP contribution < -0.4 is 5.06 Å². The number of carbonyl (C=O) groups excluding carboxylic acids is 1. The number of rotatable bonds is 3. The molecule has 0 spiro atoms. The minimum Gasteiger partial charge on any atom is -0.332 e. The number of halogens is 3. The maximum absolute atomic E-state index is 13.5. The average molecular weight is 458 g/mol. The normalized spacial score (nSPS) is 17.1. The van der Waals surface area contributed by atoms with E-state index in [9.17, 15) is 18.0 Å². The number of amides is 1. The van der Waals surface area contributed by atoms with Crippen molar-refractivity contribution in [2.45, 2.75) is 26.1 Å². The van der Waals surface area contributed by atoms with Gasteiger partial charge in [0.15, 0.2) is 11.6 Å². The fourth-order valence-corrected chi connectivity index (χ4v) is 3.54. The Kier molecular flexibility index (Phi) is 6.23. The van der Waals surface area contributed by atoms with E-state index in [1.54, 1.807) is 47.6 Å². The predicted octanol–water partition coefficient (Wildman–Crippen LogP) is 3.54. The molecule has 1 atom stereocenters. The summed E-state index contributed by atoms with van der Waals surface area (Å²) >= 11 is 0. The van der Waals surface area contributed by atoms with E-state index in [0.717, 1.165) is 6.07 Å². The zero-order valence-corrected chi connectivity index (χ0v) is 18.0. The monoisotopic (exact) mass is 458 g/mol. The first-order chi connectivity index (χ1) is 15.7. The van der Waals surface area contributed by atoms with Crippen LogP contribution in [-0.2, 0) is 11.0 Å². The number of hydroxylamine groups is 1. The van der Waals surface area contributed by atoms with Crippen LogP contribution in [0.1, 0.15) is 28.8 Å². The van der Waals surface area contributed by atoms with Crippen LogP contribution in [0.15, 0.2) is 48.8 Å². The zero-order valence-electron chi connectivity index (χ0n) is 18.0. The summed E-state index contributed by atoms with van der Waals surface area (Å²) in [6, 6.07) is 9.23. The van der Waals surface area contributed by atoms with Gasteiger partial charge in [-0.15, -0.1) is 0 Å². The van der Waals surface area contributed by atoms with E-state index in [0.29, 0.717) is 17.0 Å². The van der Waals surface area contributed by atoms with Gasteiger partial charge in [-0.3, -0.25) is 9.63 Å². The van der Waals surface area contributed by atoms with Gasteiger partial charge >= 0.3 is 6.18 Å². The van der Waals surface area contributed by atoms with Crippen molar-refractivity contribution in [1.82, 2.24) is 24.8 Å². The Bertz CT molecular complexity index is 1140. The number of aryl methyl sites for hydroxylation is 1. The third-order valence-corrected chi connectivity index (χ3v) is 5.14. The van der Waals surface area contributed by atoms with Crippen molar-refractivity contribution in [2.75, 3.05) is 24.8 Å². The quantitative estimate of drug-likeness (QED) is 0.594. The highest BCUT2D eigenvalue weighted by atomic mass is 19.4. The molecule has 1 saturated heterocycles. The van der Waals surface area contributed by atoms with Crippen molar-refractivity contribution < 1.29 is 22.8 Å². The van der Waals surface area contributed by atoms with Crippen molar-refractivity contribution in [2.24, 2.45) is 0 Å². The van der Waals surface area contributed by atoms with E-state index in [-0.39, 0.29) is 43.3 Å². The summed E-state index contributed by atoms with van der Waals surface area (Å²) in [5.41, 5.74) is -0.0181. The Morgan fingerprint density at radius 3 is 2.55 bits per heavy atom. The molecule has 1 aliphatic heterocycles. The lowest BCUT2D eigenvalue weighted by molar-refractivity contribution is -0.141. The highest BCUT2D eigenvalue weighted by Gasteiger charge is 2.35. The van der Waals surface area contributed by atoms with Gasteiger partial charge in [0.2, 0.25) is 0 Å². The molecule has 33 heavy (non-hydrogen) atoms. The second-order valence-corrected chi connectivity index (χ2v) is 7.52. The van der Waals surface area contributed by atoms with Gasteiger partial charge in [-0.1, -0.05) is 18.2 Å². The van der Waals surface area contributed by atoms with Crippen LogP contribution in [0.4, 0.5) is 19.0 Å². The van der Waals surface area contributed by atoms with Crippen molar-refractivity contribution in [3.63, 3.8) is 0 Å². The van der Waals surface area contributed by atoms with E-state index in [1.807, 2.05) is 6.92 Å². The molecule has 1 aliphatic rings. The van der Waals surface area contributed by atoms with Crippen LogP contribution in [0.3, 0.4) is 0 Å². The van der Waals surface area contributed by atoms with Crippen LogP contribution >= 0.6 is 0 Å². The van der Waals surface area contributed by atoms with E-state index in [1.165, 1.54) is 12.0 Å². The summed E-state index contributed by atoms with van der Waals surface area (Å²) in [4.78, 5) is 36.8. The summed E-state index contributed by atoms with van der Waals surface area (Å²) in [6.45, 7) is 3.63. The molecule has 2 aromatic heterocycles. The molecule has 0 unspecified atom stereocenters. The van der Waals surface area contributed by atoms with Crippen LogP contribution in [0.25, 0.3) is 11.4 Å². The molecule has 0 radical (unpaired) electrons. The SMILES string of the molecule is Cc1nc(N2CCN(C(=O)c3ccccc3-c3ncccn3)[C@H](C)CO2)cc(C(F)(F)F)n1. The maximum atomic E-state index is 13.5. The molecule has 1 amide bonds. The van der Waals surface area contributed by atoms with Crippen molar-refractivity contribution in [3.8, 4) is 11.4 Å². The van der Waals surface area contributed by atoms with E-state index < -0.39 is 11.9 Å². The minimum atomic E-state index is -4.60. The summed E-state index contributed by atoms with van der Waals surface area (Å²) in [7, 11) is 0. The summed E-state index contributed by atoms with van der Waals surface area (Å²) in [5.74, 6) is 0.156. The fourth-order valence-electron chi connectivity index (χ4n) is 3.54. The highest BCUT2D eigenvalue weighted by molar-refractivity contribution is 6.00. The first-order valence-corrected chi connectivity index (χ1v) is 10.2. The van der Waals surface area contributed by atoms with Gasteiger partial charge in [0.25, 0.3) is 5.91 Å². The molecule has 8 nitrogen and oxygen atoms in total. The number of carbonyl (C=O) groups is 1. The molecule has 1 fully saturated rings. The molecule has 1 aromatic carbocycles. The van der Waals surface area contributed by atoms with Crippen LogP contribution in [0.5, 0.6) is 0 Å². The van der Waals surface area contributed by atoms with Gasteiger partial charge in [0.1, 0.15) is 11.5 Å². The summed E-state index contributed by atoms with van der Waals surface area (Å²) in [5, 5.41) is 1.28. The largest absolute Gasteiger partial charge is 0.433 e. The zero-order chi connectivity index (χ0) is 23.6. The molecular formula is C22H21F3N6O2. The first kappa shape index (κ1) is 22.6. The topological polar surface area (TPSA) is 84.3 Å². The lowest BCUT2D eigenvalue weighted by Crippen LogP contribution is -2.41. The standard InChI is InChI=1S/C22H21F3N6O2/c1-14-13-33-31(19-12-18(22(23,24)25)28-15(2)29-19)11-10-30(14)21(32)17-7-4-3-6-16(17)20-26-8-5-9-27-20/h3-9,12,14H,10-11,13H2,1-2H3/t14-/m1/s1. The number of aromatic nitrogens is 4. The van der Waals surface area contributed by atoms with Crippen molar-refractivity contribution in [3.05, 3.63) is 65.9 Å². The number of anilines is 1. The number of nitrogens with zero attached hydrogens (tertiary/aromatic N) is 6. The Hall–Kier alpha value is -3.60. The summed E-state index contributed by atoms with van der Waals surface area (Å²) < 4.78 is 39.5. The molecule has 11 heteroatoms. The lowest BCUT2D eigenvalue weighted by atomic mass is 10.0. The van der Waals surface area contributed by atoms with E-state index >= 15 is 0 Å². The van der Waals surface area contributed by atoms with Gasteiger partial charge < -0.3 is 4.90 Å². The smallest absolute Gasteiger partial charge is 0.332 e. The minimum absolute atomic E-state index is 0.00518. The second kappa shape index (κ2) is 9.10. The van der Waals surface area contributed by atoms with Crippen molar-refractivity contribution in [1.29, 1.82) is 0 Å². The fraction of sp³-hybridized carbons (Fsp3) is 0.318. The van der Waals surface area contributed by atoms with Gasteiger partial charge in [-0.2, -0.15) is 13.2 Å². The average Bonchev–Trinajstić information content (AvgIpc) is 3.00. The molecule has 3 aromatic rings. The molecule has 0 saturated carbocycles. The molecular weight excluding hydrogens is 437 g/mol. The molecule has 0 N–H and O–H groups in total. The summed E-state index contributed by atoms with van der Waals surface area (Å²) in [6.07, 6.45) is -1.40. The third kappa shape index (κ3) is 4.92. The van der Waals surface area contributed by atoms with Gasteiger partial charge in [0, 0.05) is 30.6 Å². The first-order valence-electron chi connectivity index (χ1n) is 10.2. The number of hydrogen-bond acceptors (Lipinski definition) is 7. The molecule has 0 bridgehead atoms. The van der Waals surface area contributed by atoms with E-state index in [2.05, 4.69) is 19.9 Å². The number of hydrogen-bond donors (Lipinski definition) is 0.